The maximum absolute atomic E-state index is 13.5. The van der Waals surface area contributed by atoms with E-state index in [1.165, 1.54) is 35.2 Å². The number of rotatable bonds is 11. The van der Waals surface area contributed by atoms with Gasteiger partial charge in [0.25, 0.3) is 11.8 Å². The average molecular weight is 685 g/mol. The predicted molar refractivity (Wildman–Crippen MR) is 196 cm³/mol. The number of nitrogens with zero attached hydrogens (tertiary/aromatic N) is 1. The number of hydrogen-bond donors (Lipinski definition) is 3. The lowest BCUT2D eigenvalue weighted by atomic mass is 10.0. The number of benzene rings is 5. The van der Waals surface area contributed by atoms with Crippen molar-refractivity contribution in [2.24, 2.45) is 0 Å². The first-order chi connectivity index (χ1) is 23.9. The highest BCUT2D eigenvalue weighted by molar-refractivity contribution is 8.00. The van der Waals surface area contributed by atoms with E-state index in [0.29, 0.717) is 22.1 Å². The summed E-state index contributed by atoms with van der Waals surface area (Å²) in [5.74, 6) is -1.28. The molecule has 0 saturated heterocycles. The molecule has 0 atom stereocenters. The smallest absolute Gasteiger partial charge is 0.272 e. The second-order valence-corrected chi connectivity index (χ2v) is 12.6. The third kappa shape index (κ3) is 9.16. The van der Waals surface area contributed by atoms with Crippen molar-refractivity contribution >= 4 is 57.7 Å². The molecule has 0 aliphatic heterocycles. The molecule has 1 aromatic heterocycles. The summed E-state index contributed by atoms with van der Waals surface area (Å²) < 4.78 is 13.2. The van der Waals surface area contributed by atoms with E-state index in [1.54, 1.807) is 72.1 Å². The van der Waals surface area contributed by atoms with Gasteiger partial charge in [-0.05, 0) is 83.4 Å². The molecule has 49 heavy (non-hydrogen) atoms. The minimum absolute atomic E-state index is 0.0845. The Hall–Kier alpha value is -5.84. The maximum Gasteiger partial charge on any atom is 0.272 e. The lowest BCUT2D eigenvalue weighted by molar-refractivity contribution is -0.114. The molecule has 6 rings (SSSR count). The van der Waals surface area contributed by atoms with Crippen molar-refractivity contribution in [2.45, 2.75) is 4.90 Å². The SMILES string of the molecule is O=C(CSc1ccc(NC(=O)/C(=C/c2ccc(-c3ccccc3)cc2)NC(=O)c2ccccc2)cc1)Nc1nc(-c2ccc(F)cc2)cs1. The first-order valence-corrected chi connectivity index (χ1v) is 17.1. The molecule has 3 amide bonds. The minimum Gasteiger partial charge on any atom is -0.321 e. The third-order valence-corrected chi connectivity index (χ3v) is 9.00. The zero-order valence-electron chi connectivity index (χ0n) is 25.9. The van der Waals surface area contributed by atoms with Gasteiger partial charge < -0.3 is 16.0 Å². The molecule has 242 valence electrons. The van der Waals surface area contributed by atoms with Gasteiger partial charge in [0.15, 0.2) is 5.13 Å². The molecular formula is C39H29FN4O3S2. The van der Waals surface area contributed by atoms with Gasteiger partial charge in [-0.1, -0.05) is 72.8 Å². The van der Waals surface area contributed by atoms with Crippen molar-refractivity contribution in [3.05, 3.63) is 161 Å². The van der Waals surface area contributed by atoms with Crippen LogP contribution < -0.4 is 16.0 Å². The van der Waals surface area contributed by atoms with Crippen LogP contribution in [0.5, 0.6) is 0 Å². The predicted octanol–water partition coefficient (Wildman–Crippen LogP) is 8.76. The largest absolute Gasteiger partial charge is 0.321 e. The summed E-state index contributed by atoms with van der Waals surface area (Å²) in [4.78, 5) is 44.3. The van der Waals surface area contributed by atoms with Gasteiger partial charge in [0.05, 0.1) is 11.4 Å². The van der Waals surface area contributed by atoms with Gasteiger partial charge >= 0.3 is 0 Å². The normalized spacial score (nSPS) is 11.1. The van der Waals surface area contributed by atoms with Crippen LogP contribution in [-0.2, 0) is 9.59 Å². The molecule has 0 spiro atoms. The van der Waals surface area contributed by atoms with Crippen LogP contribution in [0.25, 0.3) is 28.5 Å². The van der Waals surface area contributed by atoms with Crippen molar-refractivity contribution in [1.82, 2.24) is 10.3 Å². The van der Waals surface area contributed by atoms with Crippen LogP contribution in [0, 0.1) is 5.82 Å². The Morgan fingerprint density at radius 1 is 0.714 bits per heavy atom. The van der Waals surface area contributed by atoms with Gasteiger partial charge in [0.2, 0.25) is 5.91 Å². The highest BCUT2D eigenvalue weighted by Gasteiger charge is 2.16. The lowest BCUT2D eigenvalue weighted by Crippen LogP contribution is -2.30. The van der Waals surface area contributed by atoms with Crippen LogP contribution in [0.1, 0.15) is 15.9 Å². The van der Waals surface area contributed by atoms with E-state index in [9.17, 15) is 18.8 Å². The summed E-state index contributed by atoms with van der Waals surface area (Å²) in [7, 11) is 0. The molecular weight excluding hydrogens is 656 g/mol. The number of amides is 3. The van der Waals surface area contributed by atoms with E-state index in [1.807, 2.05) is 60.7 Å². The third-order valence-electron chi connectivity index (χ3n) is 7.23. The highest BCUT2D eigenvalue weighted by Crippen LogP contribution is 2.26. The Labute approximate surface area is 290 Å². The Bertz CT molecular complexity index is 2080. The van der Waals surface area contributed by atoms with E-state index >= 15 is 0 Å². The van der Waals surface area contributed by atoms with Crippen LogP contribution in [0.2, 0.25) is 0 Å². The van der Waals surface area contributed by atoms with Gasteiger partial charge in [-0.2, -0.15) is 0 Å². The van der Waals surface area contributed by atoms with Crippen molar-refractivity contribution in [3.8, 4) is 22.4 Å². The molecule has 1 heterocycles. The quantitative estimate of drug-likeness (QED) is 0.0936. The highest BCUT2D eigenvalue weighted by atomic mass is 32.2. The van der Waals surface area contributed by atoms with Crippen LogP contribution >= 0.6 is 23.1 Å². The number of carbonyl (C=O) groups is 3. The number of anilines is 2. The van der Waals surface area contributed by atoms with Gasteiger partial charge in [0, 0.05) is 27.1 Å². The fraction of sp³-hybridized carbons (Fsp3) is 0.0256. The van der Waals surface area contributed by atoms with E-state index in [0.717, 1.165) is 27.1 Å². The molecule has 6 aromatic rings. The van der Waals surface area contributed by atoms with E-state index in [4.69, 9.17) is 0 Å². The fourth-order valence-corrected chi connectivity index (χ4v) is 6.17. The molecule has 0 aliphatic rings. The second-order valence-electron chi connectivity index (χ2n) is 10.7. The maximum atomic E-state index is 13.5. The molecule has 0 fully saturated rings. The van der Waals surface area contributed by atoms with Gasteiger partial charge in [-0.3, -0.25) is 14.4 Å². The number of carbonyl (C=O) groups excluding carboxylic acids is 3. The van der Waals surface area contributed by atoms with Crippen LogP contribution in [0.3, 0.4) is 0 Å². The monoisotopic (exact) mass is 684 g/mol. The summed E-state index contributed by atoms with van der Waals surface area (Å²) in [6.45, 7) is 0. The first-order valence-electron chi connectivity index (χ1n) is 15.2. The zero-order valence-corrected chi connectivity index (χ0v) is 27.6. The molecule has 0 unspecified atom stereocenters. The Morgan fingerprint density at radius 2 is 1.35 bits per heavy atom. The Balaban J connectivity index is 1.08. The number of aromatic nitrogens is 1. The molecule has 0 aliphatic carbocycles. The number of thiazole rings is 1. The molecule has 0 saturated carbocycles. The summed E-state index contributed by atoms with van der Waals surface area (Å²) in [5.41, 5.74) is 5.30. The number of nitrogens with one attached hydrogen (secondary N) is 3. The Kier molecular flexibility index (Phi) is 10.7. The lowest BCUT2D eigenvalue weighted by Gasteiger charge is -2.12. The number of thioether (sulfide) groups is 1. The van der Waals surface area contributed by atoms with Crippen LogP contribution in [-0.4, -0.2) is 28.5 Å². The summed E-state index contributed by atoms with van der Waals surface area (Å²) >= 11 is 2.63. The first kappa shape index (κ1) is 33.1. The zero-order chi connectivity index (χ0) is 34.0. The van der Waals surface area contributed by atoms with E-state index < -0.39 is 11.8 Å². The van der Waals surface area contributed by atoms with Crippen molar-refractivity contribution < 1.29 is 18.8 Å². The molecule has 0 bridgehead atoms. The molecule has 5 aromatic carbocycles. The van der Waals surface area contributed by atoms with Crippen LogP contribution in [0.15, 0.2) is 149 Å². The Morgan fingerprint density at radius 3 is 2.04 bits per heavy atom. The van der Waals surface area contributed by atoms with Gasteiger partial charge in [0.1, 0.15) is 11.5 Å². The fourth-order valence-electron chi connectivity index (χ4n) is 4.73. The standard InChI is InChI=1S/C39H29FN4O3S2/c40-31-17-15-29(16-18-31)35-24-49-39(43-35)44-36(45)25-48-33-21-19-32(20-22-33)41-38(47)34(42-37(46)30-9-5-2-6-10-30)23-26-11-13-28(14-12-26)27-7-3-1-4-8-27/h1-24H,25H2,(H,41,47)(H,42,46)(H,43,44,45)/b34-23-. The number of halogens is 1. The van der Waals surface area contributed by atoms with Crippen LogP contribution in [0.4, 0.5) is 15.2 Å². The van der Waals surface area contributed by atoms with E-state index in [-0.39, 0.29) is 23.2 Å². The molecule has 3 N–H and O–H groups in total. The average Bonchev–Trinajstić information content (AvgIpc) is 3.60. The van der Waals surface area contributed by atoms with Crippen molar-refractivity contribution in [3.63, 3.8) is 0 Å². The molecule has 7 nitrogen and oxygen atoms in total. The summed E-state index contributed by atoms with van der Waals surface area (Å²) in [6.07, 6.45) is 1.64. The second kappa shape index (κ2) is 15.8. The minimum atomic E-state index is -0.486. The van der Waals surface area contributed by atoms with Gasteiger partial charge in [-0.15, -0.1) is 23.1 Å². The molecule has 10 heteroatoms. The molecule has 0 radical (unpaired) electrons. The number of hydrogen-bond acceptors (Lipinski definition) is 6. The van der Waals surface area contributed by atoms with Gasteiger partial charge in [-0.25, -0.2) is 9.37 Å². The van der Waals surface area contributed by atoms with Crippen molar-refractivity contribution in [2.75, 3.05) is 16.4 Å². The van der Waals surface area contributed by atoms with Crippen molar-refractivity contribution in [1.29, 1.82) is 0 Å². The summed E-state index contributed by atoms with van der Waals surface area (Å²) in [6, 6.07) is 39.5. The van der Waals surface area contributed by atoms with E-state index in [2.05, 4.69) is 20.9 Å². The topological polar surface area (TPSA) is 100 Å². The summed E-state index contributed by atoms with van der Waals surface area (Å²) in [5, 5.41) is 10.7.